The topological polar surface area (TPSA) is 47.1 Å². The minimum Gasteiger partial charge on any atom is -0.369 e. The van der Waals surface area contributed by atoms with Crippen molar-refractivity contribution in [3.8, 4) is 0 Å². The lowest BCUT2D eigenvalue weighted by Gasteiger charge is -2.26. The standard InChI is InChI=1S/C13H18N4S/c14-13-15-11-3-1-2-4-12(11)17(13)6-5-16-7-9-18-10-8-16/h1-4H,5-10H2,(H2,14,15). The zero-order chi connectivity index (χ0) is 12.4. The maximum Gasteiger partial charge on any atom is 0.201 e. The highest BCUT2D eigenvalue weighted by Gasteiger charge is 2.12. The molecule has 1 aromatic carbocycles. The summed E-state index contributed by atoms with van der Waals surface area (Å²) >= 11 is 2.04. The van der Waals surface area contributed by atoms with Crippen molar-refractivity contribution in [1.29, 1.82) is 0 Å². The third-order valence-corrected chi connectivity index (χ3v) is 4.37. The van der Waals surface area contributed by atoms with Gasteiger partial charge in [-0.05, 0) is 12.1 Å². The number of aromatic nitrogens is 2. The molecule has 96 valence electrons. The quantitative estimate of drug-likeness (QED) is 0.914. The molecule has 5 heteroatoms. The van der Waals surface area contributed by atoms with Gasteiger partial charge in [0.25, 0.3) is 0 Å². The molecule has 0 atom stereocenters. The van der Waals surface area contributed by atoms with Crippen LogP contribution < -0.4 is 5.73 Å². The summed E-state index contributed by atoms with van der Waals surface area (Å²) < 4.78 is 2.12. The average molecular weight is 262 g/mol. The van der Waals surface area contributed by atoms with Gasteiger partial charge in [-0.15, -0.1) is 0 Å². The van der Waals surface area contributed by atoms with E-state index in [2.05, 4.69) is 20.5 Å². The van der Waals surface area contributed by atoms with Gasteiger partial charge >= 0.3 is 0 Å². The van der Waals surface area contributed by atoms with E-state index in [-0.39, 0.29) is 0 Å². The number of nitrogens with two attached hydrogens (primary N) is 1. The number of nitrogen functional groups attached to an aromatic ring is 1. The molecule has 4 nitrogen and oxygen atoms in total. The van der Waals surface area contributed by atoms with Crippen LogP contribution in [0.5, 0.6) is 0 Å². The lowest BCUT2D eigenvalue weighted by Crippen LogP contribution is -2.35. The molecule has 1 fully saturated rings. The van der Waals surface area contributed by atoms with Gasteiger partial charge in [0.2, 0.25) is 5.95 Å². The van der Waals surface area contributed by atoms with Crippen molar-refractivity contribution in [2.45, 2.75) is 6.54 Å². The summed E-state index contributed by atoms with van der Waals surface area (Å²) in [5.41, 5.74) is 8.13. The van der Waals surface area contributed by atoms with Crippen LogP contribution in [0, 0.1) is 0 Å². The minimum absolute atomic E-state index is 0.627. The molecule has 1 saturated heterocycles. The maximum absolute atomic E-state index is 6.00. The molecule has 0 spiro atoms. The highest BCUT2D eigenvalue weighted by molar-refractivity contribution is 7.99. The zero-order valence-corrected chi connectivity index (χ0v) is 11.2. The second kappa shape index (κ2) is 5.20. The van der Waals surface area contributed by atoms with E-state index in [0.29, 0.717) is 5.95 Å². The summed E-state index contributed by atoms with van der Waals surface area (Å²) in [7, 11) is 0. The molecule has 0 bridgehead atoms. The fraction of sp³-hybridized carbons (Fsp3) is 0.462. The van der Waals surface area contributed by atoms with E-state index in [1.54, 1.807) is 0 Å². The Labute approximate surface area is 111 Å². The predicted molar refractivity (Wildman–Crippen MR) is 77.9 cm³/mol. The number of fused-ring (bicyclic) bond motifs is 1. The van der Waals surface area contributed by atoms with Crippen molar-refractivity contribution in [3.05, 3.63) is 24.3 Å². The van der Waals surface area contributed by atoms with Crippen molar-refractivity contribution < 1.29 is 0 Å². The van der Waals surface area contributed by atoms with Crippen LogP contribution >= 0.6 is 11.8 Å². The van der Waals surface area contributed by atoms with Gasteiger partial charge in [-0.1, -0.05) is 12.1 Å². The normalized spacial score (nSPS) is 17.3. The Bertz CT molecular complexity index is 531. The van der Waals surface area contributed by atoms with Gasteiger partial charge in [-0.2, -0.15) is 11.8 Å². The molecular weight excluding hydrogens is 244 g/mol. The third kappa shape index (κ3) is 2.33. The number of hydrogen-bond donors (Lipinski definition) is 1. The SMILES string of the molecule is Nc1nc2ccccc2n1CCN1CCSCC1. The van der Waals surface area contributed by atoms with E-state index >= 15 is 0 Å². The van der Waals surface area contributed by atoms with E-state index in [4.69, 9.17) is 5.73 Å². The molecule has 1 aromatic heterocycles. The number of nitrogens with zero attached hydrogens (tertiary/aromatic N) is 3. The van der Waals surface area contributed by atoms with Crippen molar-refractivity contribution in [3.63, 3.8) is 0 Å². The van der Waals surface area contributed by atoms with Crippen molar-refractivity contribution in [2.75, 3.05) is 36.9 Å². The first-order chi connectivity index (χ1) is 8.84. The molecule has 0 amide bonds. The largest absolute Gasteiger partial charge is 0.369 e. The van der Waals surface area contributed by atoms with E-state index in [1.807, 2.05) is 30.0 Å². The van der Waals surface area contributed by atoms with Crippen LogP contribution in [-0.4, -0.2) is 45.6 Å². The van der Waals surface area contributed by atoms with Crippen molar-refractivity contribution in [1.82, 2.24) is 14.5 Å². The van der Waals surface area contributed by atoms with E-state index < -0.39 is 0 Å². The molecule has 1 aliphatic rings. The summed E-state index contributed by atoms with van der Waals surface area (Å²) in [5, 5.41) is 0. The lowest BCUT2D eigenvalue weighted by atomic mass is 10.3. The van der Waals surface area contributed by atoms with Gasteiger partial charge in [0, 0.05) is 37.7 Å². The number of hydrogen-bond acceptors (Lipinski definition) is 4. The molecule has 3 rings (SSSR count). The van der Waals surface area contributed by atoms with E-state index in [0.717, 1.165) is 24.1 Å². The molecule has 2 N–H and O–H groups in total. The van der Waals surface area contributed by atoms with Crippen LogP contribution in [0.4, 0.5) is 5.95 Å². The molecule has 0 saturated carbocycles. The number of para-hydroxylation sites is 2. The Kier molecular flexibility index (Phi) is 3.43. The van der Waals surface area contributed by atoms with E-state index in [9.17, 15) is 0 Å². The summed E-state index contributed by atoms with van der Waals surface area (Å²) in [5.74, 6) is 3.13. The van der Waals surface area contributed by atoms with Crippen LogP contribution in [0.15, 0.2) is 24.3 Å². The number of anilines is 1. The highest BCUT2D eigenvalue weighted by Crippen LogP contribution is 2.17. The molecule has 1 aliphatic heterocycles. The first-order valence-corrected chi connectivity index (χ1v) is 7.51. The zero-order valence-electron chi connectivity index (χ0n) is 10.4. The van der Waals surface area contributed by atoms with Crippen LogP contribution in [0.2, 0.25) is 0 Å². The van der Waals surface area contributed by atoms with E-state index in [1.165, 1.54) is 24.6 Å². The predicted octanol–water partition coefficient (Wildman–Crippen LogP) is 1.67. The summed E-state index contributed by atoms with van der Waals surface area (Å²) in [6.45, 7) is 4.37. The number of rotatable bonds is 3. The second-order valence-corrected chi connectivity index (χ2v) is 5.79. The minimum atomic E-state index is 0.627. The lowest BCUT2D eigenvalue weighted by molar-refractivity contribution is 0.291. The highest BCUT2D eigenvalue weighted by atomic mass is 32.2. The summed E-state index contributed by atoms with van der Waals surface area (Å²) in [6, 6.07) is 8.14. The monoisotopic (exact) mass is 262 g/mol. The van der Waals surface area contributed by atoms with Crippen molar-refractivity contribution in [2.24, 2.45) is 0 Å². The molecule has 2 aromatic rings. The molecule has 0 aliphatic carbocycles. The Morgan fingerprint density at radius 1 is 1.17 bits per heavy atom. The van der Waals surface area contributed by atoms with Gasteiger partial charge in [-0.3, -0.25) is 4.90 Å². The van der Waals surface area contributed by atoms with Crippen LogP contribution in [-0.2, 0) is 6.54 Å². The van der Waals surface area contributed by atoms with Gasteiger partial charge in [0.05, 0.1) is 11.0 Å². The summed E-state index contributed by atoms with van der Waals surface area (Å²) in [4.78, 5) is 6.90. The Balaban J connectivity index is 1.75. The summed E-state index contributed by atoms with van der Waals surface area (Å²) in [6.07, 6.45) is 0. The molecule has 0 radical (unpaired) electrons. The Morgan fingerprint density at radius 3 is 2.78 bits per heavy atom. The Morgan fingerprint density at radius 2 is 1.94 bits per heavy atom. The first-order valence-electron chi connectivity index (χ1n) is 6.35. The van der Waals surface area contributed by atoms with Crippen LogP contribution in [0.3, 0.4) is 0 Å². The Hall–Kier alpha value is -1.20. The van der Waals surface area contributed by atoms with Gasteiger partial charge < -0.3 is 10.3 Å². The smallest absolute Gasteiger partial charge is 0.201 e. The number of thioether (sulfide) groups is 1. The van der Waals surface area contributed by atoms with Crippen molar-refractivity contribution >= 4 is 28.7 Å². The van der Waals surface area contributed by atoms with Gasteiger partial charge in [-0.25, -0.2) is 4.98 Å². The fourth-order valence-electron chi connectivity index (χ4n) is 2.40. The first kappa shape index (κ1) is 11.9. The average Bonchev–Trinajstić information content (AvgIpc) is 2.73. The molecule has 18 heavy (non-hydrogen) atoms. The number of imidazole rings is 1. The third-order valence-electron chi connectivity index (χ3n) is 3.43. The van der Waals surface area contributed by atoms with Crippen LogP contribution in [0.25, 0.3) is 11.0 Å². The fourth-order valence-corrected chi connectivity index (χ4v) is 3.37. The second-order valence-electron chi connectivity index (χ2n) is 4.56. The van der Waals surface area contributed by atoms with Gasteiger partial charge in [0.15, 0.2) is 0 Å². The molecule has 0 unspecified atom stereocenters. The molecular formula is C13H18N4S. The maximum atomic E-state index is 6.00. The van der Waals surface area contributed by atoms with Crippen LogP contribution in [0.1, 0.15) is 0 Å². The number of benzene rings is 1. The van der Waals surface area contributed by atoms with Gasteiger partial charge in [0.1, 0.15) is 0 Å². The molecule has 2 heterocycles.